The van der Waals surface area contributed by atoms with Crippen LogP contribution in [0, 0.1) is 0 Å². The van der Waals surface area contributed by atoms with Gasteiger partial charge in [-0.15, -0.1) is 0 Å². The van der Waals surface area contributed by atoms with Gasteiger partial charge in [-0.25, -0.2) is 9.18 Å². The first-order valence-electron chi connectivity index (χ1n) is 5.29. The molecule has 0 bridgehead atoms. The van der Waals surface area contributed by atoms with Crippen LogP contribution in [0.25, 0.3) is 11.9 Å². The highest BCUT2D eigenvalue weighted by Crippen LogP contribution is 2.17. The third kappa shape index (κ3) is 2.79. The Kier molecular flexibility index (Phi) is 3.48. The number of aromatic carboxylic acids is 1. The van der Waals surface area contributed by atoms with Crippen LogP contribution in [0.2, 0.25) is 0 Å². The van der Waals surface area contributed by atoms with E-state index < -0.39 is 11.8 Å². The number of carboxylic acids is 1. The maximum atomic E-state index is 13.8. The predicted molar refractivity (Wildman–Crippen MR) is 66.6 cm³/mol. The SMILES string of the molecule is O=C(O)c1ccc(C=C(F)c2ccccn2)cc1. The van der Waals surface area contributed by atoms with Gasteiger partial charge in [0.2, 0.25) is 0 Å². The van der Waals surface area contributed by atoms with E-state index >= 15 is 0 Å². The lowest BCUT2D eigenvalue weighted by Gasteiger charge is -1.98. The van der Waals surface area contributed by atoms with Gasteiger partial charge in [-0.2, -0.15) is 0 Å². The molecule has 18 heavy (non-hydrogen) atoms. The fraction of sp³-hybridized carbons (Fsp3) is 0. The molecule has 4 heteroatoms. The van der Waals surface area contributed by atoms with Crippen LogP contribution in [-0.4, -0.2) is 16.1 Å². The van der Waals surface area contributed by atoms with Crippen molar-refractivity contribution in [3.05, 3.63) is 65.5 Å². The molecule has 1 N–H and O–H groups in total. The number of hydrogen-bond acceptors (Lipinski definition) is 2. The molecule has 2 aromatic rings. The van der Waals surface area contributed by atoms with E-state index in [0.29, 0.717) is 5.56 Å². The number of pyridine rings is 1. The first-order chi connectivity index (χ1) is 8.66. The third-order valence-corrected chi connectivity index (χ3v) is 2.36. The standard InChI is InChI=1S/C14H10FNO2/c15-12(13-3-1-2-8-16-13)9-10-4-6-11(7-5-10)14(17)18/h1-9H,(H,17,18). The third-order valence-electron chi connectivity index (χ3n) is 2.36. The Bertz CT molecular complexity index is 577. The number of carbonyl (C=O) groups is 1. The molecule has 0 unspecified atom stereocenters. The monoisotopic (exact) mass is 243 g/mol. The number of hydrogen-bond donors (Lipinski definition) is 1. The molecule has 0 aliphatic carbocycles. The van der Waals surface area contributed by atoms with Crippen LogP contribution >= 0.6 is 0 Å². The maximum absolute atomic E-state index is 13.8. The largest absolute Gasteiger partial charge is 0.478 e. The van der Waals surface area contributed by atoms with Crippen molar-refractivity contribution in [3.8, 4) is 0 Å². The van der Waals surface area contributed by atoms with Gasteiger partial charge in [0.25, 0.3) is 0 Å². The van der Waals surface area contributed by atoms with E-state index in [4.69, 9.17) is 5.11 Å². The minimum Gasteiger partial charge on any atom is -0.478 e. The molecule has 0 aliphatic rings. The minimum atomic E-state index is -1.00. The van der Waals surface area contributed by atoms with Gasteiger partial charge in [0.15, 0.2) is 0 Å². The maximum Gasteiger partial charge on any atom is 0.335 e. The zero-order chi connectivity index (χ0) is 13.0. The molecule has 3 nitrogen and oxygen atoms in total. The van der Waals surface area contributed by atoms with E-state index in [1.807, 2.05) is 0 Å². The lowest BCUT2D eigenvalue weighted by molar-refractivity contribution is 0.0697. The molecule has 1 heterocycles. The fourth-order valence-electron chi connectivity index (χ4n) is 1.45. The van der Waals surface area contributed by atoms with Gasteiger partial charge >= 0.3 is 5.97 Å². The molecule has 0 amide bonds. The van der Waals surface area contributed by atoms with Gasteiger partial charge in [-0.1, -0.05) is 18.2 Å². The summed E-state index contributed by atoms with van der Waals surface area (Å²) in [7, 11) is 0. The lowest BCUT2D eigenvalue weighted by Crippen LogP contribution is -1.94. The predicted octanol–water partition coefficient (Wildman–Crippen LogP) is 3.25. The van der Waals surface area contributed by atoms with E-state index in [1.54, 1.807) is 30.3 Å². The molecule has 0 radical (unpaired) electrons. The summed E-state index contributed by atoms with van der Waals surface area (Å²) in [6, 6.07) is 10.9. The first kappa shape index (κ1) is 12.0. The molecule has 1 aromatic carbocycles. The molecular weight excluding hydrogens is 233 g/mol. The summed E-state index contributed by atoms with van der Waals surface area (Å²) in [5.74, 6) is -1.46. The number of nitrogens with zero attached hydrogens (tertiary/aromatic N) is 1. The second kappa shape index (κ2) is 5.23. The number of aromatic nitrogens is 1. The summed E-state index contributed by atoms with van der Waals surface area (Å²) in [4.78, 5) is 14.5. The molecule has 0 saturated carbocycles. The summed E-state index contributed by atoms with van der Waals surface area (Å²) in [5, 5.41) is 8.74. The van der Waals surface area contributed by atoms with Gasteiger partial charge in [0, 0.05) is 6.20 Å². The van der Waals surface area contributed by atoms with Crippen LogP contribution in [0.5, 0.6) is 0 Å². The summed E-state index contributed by atoms with van der Waals surface area (Å²) < 4.78 is 13.8. The van der Waals surface area contributed by atoms with Crippen molar-refractivity contribution in [2.45, 2.75) is 0 Å². The van der Waals surface area contributed by atoms with Crippen molar-refractivity contribution in [2.75, 3.05) is 0 Å². The van der Waals surface area contributed by atoms with Gasteiger partial charge in [0.05, 0.1) is 11.3 Å². The smallest absolute Gasteiger partial charge is 0.335 e. The highest BCUT2D eigenvalue weighted by atomic mass is 19.1. The van der Waals surface area contributed by atoms with Crippen LogP contribution in [0.15, 0.2) is 48.7 Å². The van der Waals surface area contributed by atoms with Crippen molar-refractivity contribution in [1.82, 2.24) is 4.98 Å². The van der Waals surface area contributed by atoms with Crippen LogP contribution in [0.4, 0.5) is 4.39 Å². The summed E-state index contributed by atoms with van der Waals surface area (Å²) in [6.45, 7) is 0. The Labute approximate surface area is 103 Å². The molecule has 0 fully saturated rings. The molecule has 0 atom stereocenters. The Balaban J connectivity index is 2.25. The van der Waals surface area contributed by atoms with Crippen molar-refractivity contribution in [2.24, 2.45) is 0 Å². The number of halogens is 1. The molecule has 0 saturated heterocycles. The normalized spacial score (nSPS) is 11.3. The van der Waals surface area contributed by atoms with Crippen LogP contribution in [0.3, 0.4) is 0 Å². The highest BCUT2D eigenvalue weighted by molar-refractivity contribution is 5.88. The van der Waals surface area contributed by atoms with Gasteiger partial charge in [0.1, 0.15) is 5.83 Å². The van der Waals surface area contributed by atoms with E-state index in [2.05, 4.69) is 4.98 Å². The van der Waals surface area contributed by atoms with E-state index in [9.17, 15) is 9.18 Å². The van der Waals surface area contributed by atoms with Crippen molar-refractivity contribution in [3.63, 3.8) is 0 Å². The summed E-state index contributed by atoms with van der Waals surface area (Å²) in [5.41, 5.74) is 1.01. The van der Waals surface area contributed by atoms with Crippen LogP contribution < -0.4 is 0 Å². The Hall–Kier alpha value is -2.49. The lowest BCUT2D eigenvalue weighted by atomic mass is 10.1. The molecule has 2 rings (SSSR count). The fourth-order valence-corrected chi connectivity index (χ4v) is 1.45. The Morgan fingerprint density at radius 3 is 2.44 bits per heavy atom. The van der Waals surface area contributed by atoms with Crippen LogP contribution in [0.1, 0.15) is 21.6 Å². The summed E-state index contributed by atoms with van der Waals surface area (Å²) in [6.07, 6.45) is 2.82. The van der Waals surface area contributed by atoms with E-state index in [-0.39, 0.29) is 11.3 Å². The average Bonchev–Trinajstić information content (AvgIpc) is 2.40. The summed E-state index contributed by atoms with van der Waals surface area (Å²) >= 11 is 0. The van der Waals surface area contributed by atoms with E-state index in [0.717, 1.165) is 0 Å². The highest BCUT2D eigenvalue weighted by Gasteiger charge is 2.03. The van der Waals surface area contributed by atoms with Crippen LogP contribution in [-0.2, 0) is 0 Å². The first-order valence-corrected chi connectivity index (χ1v) is 5.29. The van der Waals surface area contributed by atoms with E-state index in [1.165, 1.54) is 24.4 Å². The zero-order valence-corrected chi connectivity index (χ0v) is 9.38. The Morgan fingerprint density at radius 1 is 1.17 bits per heavy atom. The van der Waals surface area contributed by atoms with Crippen molar-refractivity contribution >= 4 is 17.9 Å². The van der Waals surface area contributed by atoms with Crippen molar-refractivity contribution in [1.29, 1.82) is 0 Å². The second-order valence-corrected chi connectivity index (χ2v) is 3.63. The molecule has 0 aliphatic heterocycles. The molecule has 90 valence electrons. The van der Waals surface area contributed by atoms with Gasteiger partial charge in [-0.05, 0) is 35.9 Å². The second-order valence-electron chi connectivity index (χ2n) is 3.63. The molecular formula is C14H10FNO2. The van der Waals surface area contributed by atoms with Crippen molar-refractivity contribution < 1.29 is 14.3 Å². The molecule has 0 spiro atoms. The Morgan fingerprint density at radius 2 is 1.89 bits per heavy atom. The topological polar surface area (TPSA) is 50.2 Å². The minimum absolute atomic E-state index is 0.172. The quantitative estimate of drug-likeness (QED) is 0.900. The average molecular weight is 243 g/mol. The van der Waals surface area contributed by atoms with Gasteiger partial charge < -0.3 is 5.11 Å². The zero-order valence-electron chi connectivity index (χ0n) is 9.38. The number of carboxylic acid groups (broad SMARTS) is 1. The molecule has 1 aromatic heterocycles. The number of rotatable bonds is 3. The number of benzene rings is 1. The van der Waals surface area contributed by atoms with Gasteiger partial charge in [-0.3, -0.25) is 4.98 Å².